The monoisotopic (exact) mass is 836 g/mol. The molecule has 18 nitrogen and oxygen atoms in total. The summed E-state index contributed by atoms with van der Waals surface area (Å²) in [6, 6.07) is 0. The lowest BCUT2D eigenvalue weighted by Gasteiger charge is -1.98. The van der Waals surface area contributed by atoms with E-state index in [0.717, 1.165) is 64.2 Å². The van der Waals surface area contributed by atoms with Crippen LogP contribution in [0.1, 0.15) is 149 Å². The number of aliphatic hydroxyl groups excluding tert-OH is 5. The molecule has 0 aliphatic carbocycles. The van der Waals surface area contributed by atoms with Crippen LogP contribution >= 0.6 is 0 Å². The Labute approximate surface area is 343 Å². The van der Waals surface area contributed by atoms with Crippen molar-refractivity contribution in [3.8, 4) is 0 Å². The van der Waals surface area contributed by atoms with E-state index in [1.165, 1.54) is 57.4 Å². The number of carboxylic acid groups (broad SMARTS) is 4. The summed E-state index contributed by atoms with van der Waals surface area (Å²) in [4.78, 5) is 40.4. The molecule has 0 radical (unpaired) electrons. The second-order valence-electron chi connectivity index (χ2n) is 11.8. The van der Waals surface area contributed by atoms with E-state index in [9.17, 15) is 19.2 Å². The number of carbonyl (C=O) groups is 4. The van der Waals surface area contributed by atoms with Crippen molar-refractivity contribution in [2.24, 2.45) is 28.7 Å². The molecule has 0 fully saturated rings. The molecule has 0 bridgehead atoms. The fourth-order valence-electron chi connectivity index (χ4n) is 3.37. The van der Waals surface area contributed by atoms with Crippen molar-refractivity contribution in [3.05, 3.63) is 12.2 Å². The average molecular weight is 836 g/mol. The maximum absolute atomic E-state index is 10.1. The van der Waals surface area contributed by atoms with Crippen molar-refractivity contribution >= 4 is 23.9 Å². The van der Waals surface area contributed by atoms with Crippen molar-refractivity contribution < 1.29 is 65.1 Å². The largest absolute Gasteiger partial charge is 0.481 e. The molecule has 0 aromatic rings. The molecule has 19 N–H and O–H groups in total. The zero-order valence-electron chi connectivity index (χ0n) is 35.6. The number of aliphatic carboxylic acids is 4. The lowest BCUT2D eigenvalue weighted by molar-refractivity contribution is -0.138. The van der Waals surface area contributed by atoms with E-state index in [1.54, 1.807) is 6.08 Å². The number of carboxylic acids is 4. The number of hydrogen-bond acceptors (Lipinski definition) is 14. The smallest absolute Gasteiger partial charge is 0.327 e. The standard InChI is InChI=1S/C10H18O4.C10H20O2.C9H16O2.5C2H7NO/c11-9(12)7-5-3-1-2-4-6-8-10(13)14;1-2-3-4-5-6-7-8-9-10(11)12;1-2-3-4-5-6-7-8-9(10)11;5*3-1-2-4/h1-8H2,(H,11,12)(H,13,14);2-9H2,1H3,(H,11,12);7-8H,2-6H2,1H3,(H,10,11);5*4H,1-3H2. The van der Waals surface area contributed by atoms with Crippen LogP contribution in [0.15, 0.2) is 12.2 Å². The van der Waals surface area contributed by atoms with Crippen LogP contribution in [-0.2, 0) is 19.2 Å². The van der Waals surface area contributed by atoms with Gasteiger partial charge in [0.2, 0.25) is 0 Å². The van der Waals surface area contributed by atoms with E-state index in [0.29, 0.717) is 39.1 Å². The summed E-state index contributed by atoms with van der Waals surface area (Å²) in [5, 5.41) is 72.0. The zero-order valence-corrected chi connectivity index (χ0v) is 35.6. The number of rotatable bonds is 28. The molecule has 348 valence electrons. The van der Waals surface area contributed by atoms with Gasteiger partial charge in [0.1, 0.15) is 0 Å². The van der Waals surface area contributed by atoms with Crippen molar-refractivity contribution in [1.29, 1.82) is 0 Å². The summed E-state index contributed by atoms with van der Waals surface area (Å²) < 4.78 is 0. The van der Waals surface area contributed by atoms with E-state index in [4.69, 9.17) is 74.6 Å². The Kier molecular flexibility index (Phi) is 103. The molecule has 57 heavy (non-hydrogen) atoms. The van der Waals surface area contributed by atoms with Crippen LogP contribution in [-0.4, -0.2) is 136 Å². The van der Waals surface area contributed by atoms with Crippen molar-refractivity contribution in [3.63, 3.8) is 0 Å². The fraction of sp³-hybridized carbons (Fsp3) is 0.846. The lowest BCUT2D eigenvalue weighted by Crippen LogP contribution is -2.02. The van der Waals surface area contributed by atoms with Gasteiger partial charge in [0.25, 0.3) is 0 Å². The Morgan fingerprint density at radius 2 is 0.596 bits per heavy atom. The maximum Gasteiger partial charge on any atom is 0.327 e. The van der Waals surface area contributed by atoms with Gasteiger partial charge in [-0.2, -0.15) is 0 Å². The highest BCUT2D eigenvalue weighted by Gasteiger charge is 1.98. The summed E-state index contributed by atoms with van der Waals surface area (Å²) in [7, 11) is 0. The third kappa shape index (κ3) is 153. The minimum atomic E-state index is -0.847. The van der Waals surface area contributed by atoms with Crippen LogP contribution in [0, 0.1) is 0 Å². The summed E-state index contributed by atoms with van der Waals surface area (Å²) in [5.74, 6) is -2.99. The maximum atomic E-state index is 10.1. The SMILES string of the molecule is CCCCCCC=CC(=O)O.CCCCCCCCCC(=O)O.NCCO.NCCO.NCCO.NCCO.NCCO.O=C(O)CCCCCCCCC(=O)O. The Hall–Kier alpha value is -2.78. The number of aliphatic hydroxyl groups is 5. The van der Waals surface area contributed by atoms with Crippen LogP contribution in [0.4, 0.5) is 0 Å². The molecule has 0 unspecified atom stereocenters. The van der Waals surface area contributed by atoms with Crippen molar-refractivity contribution in [2.75, 3.05) is 65.8 Å². The summed E-state index contributed by atoms with van der Waals surface area (Å²) >= 11 is 0. The van der Waals surface area contributed by atoms with Gasteiger partial charge in [0.15, 0.2) is 0 Å². The molecule has 0 saturated carbocycles. The first kappa shape index (κ1) is 71.9. The molecule has 0 aromatic carbocycles. The Balaban J connectivity index is -0.0000000855. The van der Waals surface area contributed by atoms with E-state index >= 15 is 0 Å². The van der Waals surface area contributed by atoms with Crippen molar-refractivity contribution in [2.45, 2.75) is 149 Å². The highest BCUT2D eigenvalue weighted by atomic mass is 16.4. The number of hydrogen-bond donors (Lipinski definition) is 14. The fourth-order valence-corrected chi connectivity index (χ4v) is 3.37. The van der Waals surface area contributed by atoms with Crippen LogP contribution in [0.25, 0.3) is 0 Å². The van der Waals surface area contributed by atoms with E-state index in [2.05, 4.69) is 13.8 Å². The topological polar surface area (TPSA) is 380 Å². The molecule has 0 saturated heterocycles. The number of allylic oxidation sites excluding steroid dienone is 1. The van der Waals surface area contributed by atoms with Crippen molar-refractivity contribution in [1.82, 2.24) is 0 Å². The van der Waals surface area contributed by atoms with Gasteiger partial charge in [-0.3, -0.25) is 14.4 Å². The molecule has 0 atom stereocenters. The predicted molar refractivity (Wildman–Crippen MR) is 229 cm³/mol. The van der Waals surface area contributed by atoms with E-state index in [1.807, 2.05) is 0 Å². The molecule has 0 aliphatic rings. The van der Waals surface area contributed by atoms with Gasteiger partial charge < -0.3 is 74.6 Å². The predicted octanol–water partition coefficient (Wildman–Crippen LogP) is 2.77. The third-order valence-electron chi connectivity index (χ3n) is 6.16. The third-order valence-corrected chi connectivity index (χ3v) is 6.16. The minimum Gasteiger partial charge on any atom is -0.481 e. The van der Waals surface area contributed by atoms with Gasteiger partial charge in [0.05, 0.1) is 33.0 Å². The number of nitrogens with two attached hydrogens (primary N) is 5. The zero-order chi connectivity index (χ0) is 45.6. The summed E-state index contributed by atoms with van der Waals surface area (Å²) in [6.45, 7) is 6.72. The first-order chi connectivity index (χ1) is 27.2. The Morgan fingerprint density at radius 3 is 0.789 bits per heavy atom. The van der Waals surface area contributed by atoms with E-state index < -0.39 is 23.9 Å². The Morgan fingerprint density at radius 1 is 0.386 bits per heavy atom. The normalized spacial score (nSPS) is 9.26. The van der Waals surface area contributed by atoms with Crippen LogP contribution < -0.4 is 28.7 Å². The van der Waals surface area contributed by atoms with Gasteiger partial charge in [-0.15, -0.1) is 0 Å². The Bertz CT molecular complexity index is 702. The first-order valence-corrected chi connectivity index (χ1v) is 20.3. The van der Waals surface area contributed by atoms with Crippen LogP contribution in [0.2, 0.25) is 0 Å². The highest BCUT2D eigenvalue weighted by Crippen LogP contribution is 2.09. The first-order valence-electron chi connectivity index (χ1n) is 20.3. The molecule has 0 rings (SSSR count). The second kappa shape index (κ2) is 81.4. The second-order valence-corrected chi connectivity index (χ2v) is 11.8. The van der Waals surface area contributed by atoms with Crippen LogP contribution in [0.5, 0.6) is 0 Å². The number of unbranched alkanes of at least 4 members (excludes halogenated alkanes) is 15. The van der Waals surface area contributed by atoms with Gasteiger partial charge in [0, 0.05) is 58.1 Å². The summed E-state index contributed by atoms with van der Waals surface area (Å²) in [5.41, 5.74) is 23.9. The minimum absolute atomic E-state index is 0.0972. The molecular weight excluding hydrogens is 746 g/mol. The van der Waals surface area contributed by atoms with Crippen LogP contribution in [0.3, 0.4) is 0 Å². The lowest BCUT2D eigenvalue weighted by atomic mass is 10.1. The van der Waals surface area contributed by atoms with Gasteiger partial charge >= 0.3 is 23.9 Å². The molecular formula is C39H89N5O13. The summed E-state index contributed by atoms with van der Waals surface area (Å²) in [6.07, 6.45) is 23.1. The molecule has 18 heteroatoms. The molecule has 0 aromatic heterocycles. The molecule has 0 aliphatic heterocycles. The average Bonchev–Trinajstić information content (AvgIpc) is 3.20. The quantitative estimate of drug-likeness (QED) is 0.0398. The van der Waals surface area contributed by atoms with Gasteiger partial charge in [-0.05, 0) is 32.1 Å². The molecule has 0 spiro atoms. The van der Waals surface area contributed by atoms with Gasteiger partial charge in [-0.25, -0.2) is 4.79 Å². The van der Waals surface area contributed by atoms with E-state index in [-0.39, 0.29) is 45.9 Å². The molecule has 0 amide bonds. The van der Waals surface area contributed by atoms with Gasteiger partial charge in [-0.1, -0.05) is 103 Å². The molecule has 0 heterocycles. The highest BCUT2D eigenvalue weighted by molar-refractivity contribution is 5.79.